The molecule has 5 nitrogen and oxygen atoms in total. The Morgan fingerprint density at radius 3 is 2.71 bits per heavy atom. The molecule has 1 heterocycles. The third kappa shape index (κ3) is 4.01. The van der Waals surface area contributed by atoms with Crippen LogP contribution in [0.5, 0.6) is 0 Å². The van der Waals surface area contributed by atoms with Crippen LogP contribution in [0.25, 0.3) is 0 Å². The lowest BCUT2D eigenvalue weighted by Gasteiger charge is -2.06. The fourth-order valence-corrected chi connectivity index (χ4v) is 1.54. The third-order valence-corrected chi connectivity index (χ3v) is 2.47. The molecule has 1 N–H and O–H groups in total. The lowest BCUT2D eigenvalue weighted by molar-refractivity contribution is -0.385. The number of hydrogen-bond acceptors (Lipinski definition) is 4. The van der Waals surface area contributed by atoms with Gasteiger partial charge >= 0.3 is 0 Å². The monoisotopic (exact) mass is 237 g/mol. The summed E-state index contributed by atoms with van der Waals surface area (Å²) in [5, 5.41) is 14.0. The molecule has 0 aliphatic carbocycles. The summed E-state index contributed by atoms with van der Waals surface area (Å²) in [5.41, 5.74) is 0.707. The van der Waals surface area contributed by atoms with Gasteiger partial charge in [0, 0.05) is 12.6 Å². The number of aromatic nitrogens is 1. The Morgan fingerprint density at radius 1 is 1.35 bits per heavy atom. The Labute approximate surface area is 101 Å². The smallest absolute Gasteiger partial charge is 0.290 e. The molecule has 0 spiro atoms. The molecule has 0 saturated heterocycles. The van der Waals surface area contributed by atoms with E-state index in [9.17, 15) is 10.1 Å². The van der Waals surface area contributed by atoms with Crippen LogP contribution in [0.3, 0.4) is 0 Å². The second kappa shape index (κ2) is 6.83. The van der Waals surface area contributed by atoms with Crippen molar-refractivity contribution >= 4 is 11.5 Å². The average Bonchev–Trinajstić information content (AvgIpc) is 2.33. The molecule has 1 aromatic rings. The molecule has 1 rings (SSSR count). The molecule has 17 heavy (non-hydrogen) atoms. The molecule has 0 saturated carbocycles. The maximum atomic E-state index is 10.9. The average molecular weight is 237 g/mol. The Balaban J connectivity index is 2.88. The standard InChI is InChI=1S/C12H19N3O2/c1-3-5-6-10-11(15(16)17)7-8-12(14-10)13-9-4-2/h7-8H,3-6,9H2,1-2H3,(H,13,14). The van der Waals surface area contributed by atoms with Crippen LogP contribution in [-0.2, 0) is 6.42 Å². The van der Waals surface area contributed by atoms with Crippen molar-refractivity contribution in [1.82, 2.24) is 4.98 Å². The zero-order valence-corrected chi connectivity index (χ0v) is 10.4. The van der Waals surface area contributed by atoms with Crippen molar-refractivity contribution in [3.63, 3.8) is 0 Å². The summed E-state index contributed by atoms with van der Waals surface area (Å²) in [5.74, 6) is 0.726. The molecule has 5 heteroatoms. The quantitative estimate of drug-likeness (QED) is 0.584. The highest BCUT2D eigenvalue weighted by Gasteiger charge is 2.15. The second-order valence-electron chi connectivity index (χ2n) is 3.95. The Hall–Kier alpha value is -1.65. The molecule has 0 aromatic carbocycles. The van der Waals surface area contributed by atoms with E-state index in [1.165, 1.54) is 6.07 Å². The van der Waals surface area contributed by atoms with Crippen molar-refractivity contribution in [3.8, 4) is 0 Å². The van der Waals surface area contributed by atoms with Gasteiger partial charge in [-0.25, -0.2) is 4.98 Å². The van der Waals surface area contributed by atoms with Gasteiger partial charge in [-0.15, -0.1) is 0 Å². The van der Waals surface area contributed by atoms with E-state index in [-0.39, 0.29) is 10.6 Å². The molecule has 0 radical (unpaired) electrons. The number of nitrogens with one attached hydrogen (secondary N) is 1. The Bertz CT molecular complexity index is 380. The first-order valence-corrected chi connectivity index (χ1v) is 6.07. The number of nitrogens with zero attached hydrogens (tertiary/aromatic N) is 2. The normalized spacial score (nSPS) is 10.2. The van der Waals surface area contributed by atoms with Crippen molar-refractivity contribution in [2.45, 2.75) is 39.5 Å². The zero-order chi connectivity index (χ0) is 12.7. The zero-order valence-electron chi connectivity index (χ0n) is 10.4. The number of hydrogen-bond donors (Lipinski definition) is 1. The summed E-state index contributed by atoms with van der Waals surface area (Å²) in [6.07, 6.45) is 3.59. The van der Waals surface area contributed by atoms with Gasteiger partial charge in [-0.05, 0) is 25.3 Å². The minimum Gasteiger partial charge on any atom is -0.370 e. The summed E-state index contributed by atoms with van der Waals surface area (Å²) in [4.78, 5) is 14.8. The number of rotatable bonds is 7. The van der Waals surface area contributed by atoms with Gasteiger partial charge in [-0.3, -0.25) is 10.1 Å². The van der Waals surface area contributed by atoms with Gasteiger partial charge in [0.15, 0.2) is 0 Å². The largest absolute Gasteiger partial charge is 0.370 e. The first-order chi connectivity index (χ1) is 8.19. The van der Waals surface area contributed by atoms with Gasteiger partial charge in [0.2, 0.25) is 0 Å². The number of aryl methyl sites for hydroxylation is 1. The predicted molar refractivity (Wildman–Crippen MR) is 68.3 cm³/mol. The highest BCUT2D eigenvalue weighted by Crippen LogP contribution is 2.20. The summed E-state index contributed by atoms with van der Waals surface area (Å²) in [6, 6.07) is 3.21. The van der Waals surface area contributed by atoms with Gasteiger partial charge in [0.25, 0.3) is 5.69 Å². The molecule has 0 bridgehead atoms. The maximum absolute atomic E-state index is 10.9. The maximum Gasteiger partial charge on any atom is 0.290 e. The molecule has 0 unspecified atom stereocenters. The summed E-state index contributed by atoms with van der Waals surface area (Å²) < 4.78 is 0. The van der Waals surface area contributed by atoms with Gasteiger partial charge in [-0.1, -0.05) is 20.3 Å². The molecule has 0 amide bonds. The van der Waals surface area contributed by atoms with Crippen molar-refractivity contribution in [2.75, 3.05) is 11.9 Å². The van der Waals surface area contributed by atoms with Gasteiger partial charge in [0.1, 0.15) is 11.5 Å². The van der Waals surface area contributed by atoms with Crippen LogP contribution in [0.1, 0.15) is 38.8 Å². The Kier molecular flexibility index (Phi) is 5.39. The lowest BCUT2D eigenvalue weighted by atomic mass is 10.1. The van der Waals surface area contributed by atoms with Crippen LogP contribution in [0.15, 0.2) is 12.1 Å². The van der Waals surface area contributed by atoms with Crippen molar-refractivity contribution in [1.29, 1.82) is 0 Å². The Morgan fingerprint density at radius 2 is 2.12 bits per heavy atom. The van der Waals surface area contributed by atoms with Crippen LogP contribution in [0, 0.1) is 10.1 Å². The van der Waals surface area contributed by atoms with Crippen molar-refractivity contribution in [3.05, 3.63) is 27.9 Å². The van der Waals surface area contributed by atoms with E-state index in [2.05, 4.69) is 24.1 Å². The molecule has 0 aliphatic rings. The first-order valence-electron chi connectivity index (χ1n) is 6.07. The van der Waals surface area contributed by atoms with Crippen LogP contribution in [-0.4, -0.2) is 16.5 Å². The molecule has 0 aliphatic heterocycles. The number of nitro groups is 1. The fraction of sp³-hybridized carbons (Fsp3) is 0.583. The van der Waals surface area contributed by atoms with Gasteiger partial charge in [0.05, 0.1) is 4.92 Å². The third-order valence-electron chi connectivity index (χ3n) is 2.47. The molecule has 94 valence electrons. The molecule has 1 aromatic heterocycles. The summed E-state index contributed by atoms with van der Waals surface area (Å²) in [6.45, 7) is 4.96. The van der Waals surface area contributed by atoms with Crippen LogP contribution in [0.4, 0.5) is 11.5 Å². The highest BCUT2D eigenvalue weighted by molar-refractivity contribution is 5.45. The molecular formula is C12H19N3O2. The summed E-state index contributed by atoms with van der Waals surface area (Å²) >= 11 is 0. The van der Waals surface area contributed by atoms with E-state index in [1.807, 2.05) is 0 Å². The van der Waals surface area contributed by atoms with Crippen molar-refractivity contribution in [2.24, 2.45) is 0 Å². The highest BCUT2D eigenvalue weighted by atomic mass is 16.6. The topological polar surface area (TPSA) is 68.1 Å². The second-order valence-corrected chi connectivity index (χ2v) is 3.95. The number of unbranched alkanes of at least 4 members (excludes halogenated alkanes) is 1. The summed E-state index contributed by atoms with van der Waals surface area (Å²) in [7, 11) is 0. The number of pyridine rings is 1. The minimum atomic E-state index is -0.360. The molecule has 0 atom stereocenters. The first kappa shape index (κ1) is 13.4. The van der Waals surface area contributed by atoms with E-state index in [0.717, 1.165) is 31.6 Å². The van der Waals surface area contributed by atoms with Gasteiger partial charge in [-0.2, -0.15) is 0 Å². The predicted octanol–water partition coefficient (Wildman–Crippen LogP) is 3.15. The molecular weight excluding hydrogens is 218 g/mol. The van der Waals surface area contributed by atoms with E-state index in [0.29, 0.717) is 12.1 Å². The van der Waals surface area contributed by atoms with E-state index in [4.69, 9.17) is 0 Å². The van der Waals surface area contributed by atoms with Crippen LogP contribution >= 0.6 is 0 Å². The van der Waals surface area contributed by atoms with Crippen LogP contribution < -0.4 is 5.32 Å². The van der Waals surface area contributed by atoms with E-state index < -0.39 is 0 Å². The lowest BCUT2D eigenvalue weighted by Crippen LogP contribution is -2.05. The SMILES string of the molecule is CCCCc1nc(NCCC)ccc1[N+](=O)[O-]. The van der Waals surface area contributed by atoms with E-state index in [1.54, 1.807) is 6.07 Å². The van der Waals surface area contributed by atoms with Gasteiger partial charge < -0.3 is 5.32 Å². The fourth-order valence-electron chi connectivity index (χ4n) is 1.54. The van der Waals surface area contributed by atoms with Crippen LogP contribution in [0.2, 0.25) is 0 Å². The molecule has 0 fully saturated rings. The number of anilines is 1. The van der Waals surface area contributed by atoms with E-state index >= 15 is 0 Å². The minimum absolute atomic E-state index is 0.125. The van der Waals surface area contributed by atoms with Crippen molar-refractivity contribution < 1.29 is 4.92 Å².